The zero-order valence-electron chi connectivity index (χ0n) is 11.7. The van der Waals surface area contributed by atoms with Gasteiger partial charge in [0.25, 0.3) is 5.89 Å². The van der Waals surface area contributed by atoms with Crippen LogP contribution in [-0.2, 0) is 10.3 Å². The SMILES string of the molecule is CCC(CC)(OC)c1noc(-c2ccc(I)c(O)c2)n1. The standard InChI is InChI=1S/C14H17IN2O3/c1-4-14(5-2,19-3)13-16-12(20-17-13)9-6-7-10(15)11(18)8-9/h6-8,18H,4-5H2,1-3H3. The third kappa shape index (κ3) is 2.67. The predicted octanol–water partition coefficient (Wildman–Crippen LogP) is 3.71. The summed E-state index contributed by atoms with van der Waals surface area (Å²) in [6.07, 6.45) is 1.52. The van der Waals surface area contributed by atoms with Gasteiger partial charge in [-0.15, -0.1) is 0 Å². The predicted molar refractivity (Wildman–Crippen MR) is 83.4 cm³/mol. The first-order valence-corrected chi connectivity index (χ1v) is 7.52. The summed E-state index contributed by atoms with van der Waals surface area (Å²) < 4.78 is 11.7. The second kappa shape index (κ2) is 6.09. The first kappa shape index (κ1) is 15.2. The number of phenols is 1. The lowest BCUT2D eigenvalue weighted by Gasteiger charge is -2.25. The van der Waals surface area contributed by atoms with Crippen molar-refractivity contribution in [2.75, 3.05) is 7.11 Å². The molecule has 5 nitrogen and oxygen atoms in total. The molecule has 6 heteroatoms. The van der Waals surface area contributed by atoms with E-state index in [9.17, 15) is 5.11 Å². The van der Waals surface area contributed by atoms with Crippen LogP contribution in [-0.4, -0.2) is 22.4 Å². The van der Waals surface area contributed by atoms with Gasteiger partial charge in [0.15, 0.2) is 0 Å². The zero-order chi connectivity index (χ0) is 14.8. The maximum absolute atomic E-state index is 9.74. The Bertz CT molecular complexity index is 586. The second-order valence-corrected chi connectivity index (χ2v) is 5.66. The molecule has 0 atom stereocenters. The number of ether oxygens (including phenoxy) is 1. The maximum Gasteiger partial charge on any atom is 0.258 e. The number of methoxy groups -OCH3 is 1. The first-order chi connectivity index (χ1) is 9.56. The van der Waals surface area contributed by atoms with Crippen LogP contribution in [0, 0.1) is 3.57 Å². The van der Waals surface area contributed by atoms with Crippen molar-refractivity contribution in [1.29, 1.82) is 0 Å². The largest absolute Gasteiger partial charge is 0.507 e. The van der Waals surface area contributed by atoms with Crippen LogP contribution < -0.4 is 0 Å². The maximum atomic E-state index is 9.74. The third-order valence-corrected chi connectivity index (χ3v) is 4.47. The molecule has 0 aliphatic heterocycles. The van der Waals surface area contributed by atoms with Crippen molar-refractivity contribution in [2.24, 2.45) is 0 Å². The molecule has 0 saturated carbocycles. The number of aromatic nitrogens is 2. The fraction of sp³-hybridized carbons (Fsp3) is 0.429. The lowest BCUT2D eigenvalue weighted by Crippen LogP contribution is -2.28. The lowest BCUT2D eigenvalue weighted by molar-refractivity contribution is -0.0306. The van der Waals surface area contributed by atoms with E-state index in [4.69, 9.17) is 9.26 Å². The Morgan fingerprint density at radius 2 is 2.05 bits per heavy atom. The fourth-order valence-corrected chi connectivity index (χ4v) is 2.45. The number of phenolic OH excluding ortho intramolecular Hbond substituents is 1. The van der Waals surface area contributed by atoms with E-state index >= 15 is 0 Å². The van der Waals surface area contributed by atoms with E-state index in [0.29, 0.717) is 17.3 Å². The Morgan fingerprint density at radius 3 is 2.60 bits per heavy atom. The van der Waals surface area contributed by atoms with Gasteiger partial charge in [-0.3, -0.25) is 0 Å². The summed E-state index contributed by atoms with van der Waals surface area (Å²) in [5, 5.41) is 13.8. The topological polar surface area (TPSA) is 68.4 Å². The van der Waals surface area contributed by atoms with Gasteiger partial charge >= 0.3 is 0 Å². The minimum absolute atomic E-state index is 0.201. The molecule has 0 aliphatic rings. The molecule has 2 rings (SSSR count). The summed E-state index contributed by atoms with van der Waals surface area (Å²) in [6.45, 7) is 4.06. The lowest BCUT2D eigenvalue weighted by atomic mass is 9.96. The average molecular weight is 388 g/mol. The van der Waals surface area contributed by atoms with E-state index in [0.717, 1.165) is 16.4 Å². The van der Waals surface area contributed by atoms with E-state index in [1.807, 2.05) is 19.9 Å². The number of nitrogens with zero attached hydrogens (tertiary/aromatic N) is 2. The molecule has 1 aromatic carbocycles. The monoisotopic (exact) mass is 388 g/mol. The van der Waals surface area contributed by atoms with Crippen LogP contribution in [0.2, 0.25) is 0 Å². The Hall–Kier alpha value is -1.15. The van der Waals surface area contributed by atoms with Crippen LogP contribution in [0.4, 0.5) is 0 Å². The molecule has 1 heterocycles. The quantitative estimate of drug-likeness (QED) is 0.791. The Kier molecular flexibility index (Phi) is 4.64. The van der Waals surface area contributed by atoms with Crippen molar-refractivity contribution in [3.8, 4) is 17.2 Å². The summed E-state index contributed by atoms with van der Waals surface area (Å²) in [4.78, 5) is 4.42. The summed E-state index contributed by atoms with van der Waals surface area (Å²) >= 11 is 2.06. The van der Waals surface area contributed by atoms with Crippen LogP contribution >= 0.6 is 22.6 Å². The van der Waals surface area contributed by atoms with Crippen LogP contribution in [0.3, 0.4) is 0 Å². The van der Waals surface area contributed by atoms with Crippen LogP contribution in [0.15, 0.2) is 22.7 Å². The highest BCUT2D eigenvalue weighted by Gasteiger charge is 2.33. The van der Waals surface area contributed by atoms with E-state index in [1.165, 1.54) is 0 Å². The Balaban J connectivity index is 2.39. The summed E-state index contributed by atoms with van der Waals surface area (Å²) in [5.74, 6) is 1.12. The molecule has 0 radical (unpaired) electrons. The van der Waals surface area contributed by atoms with Gasteiger partial charge in [0, 0.05) is 12.7 Å². The summed E-state index contributed by atoms with van der Waals surface area (Å²) in [6, 6.07) is 5.26. The van der Waals surface area contributed by atoms with Crippen LogP contribution in [0.5, 0.6) is 5.75 Å². The van der Waals surface area contributed by atoms with Gasteiger partial charge in [0.2, 0.25) is 5.82 Å². The Labute approximate surface area is 131 Å². The van der Waals surface area contributed by atoms with Crippen molar-refractivity contribution in [3.05, 3.63) is 27.6 Å². The number of benzene rings is 1. The molecule has 2 aromatic rings. The Morgan fingerprint density at radius 1 is 1.35 bits per heavy atom. The van der Waals surface area contributed by atoms with E-state index in [1.54, 1.807) is 19.2 Å². The molecule has 0 saturated heterocycles. The van der Waals surface area contributed by atoms with Gasteiger partial charge < -0.3 is 14.4 Å². The van der Waals surface area contributed by atoms with Crippen LogP contribution in [0.25, 0.3) is 11.5 Å². The van der Waals surface area contributed by atoms with Gasteiger partial charge in [-0.05, 0) is 53.6 Å². The molecular weight excluding hydrogens is 371 g/mol. The van der Waals surface area contributed by atoms with Gasteiger partial charge in [0.05, 0.1) is 3.57 Å². The van der Waals surface area contributed by atoms with Crippen LogP contribution in [0.1, 0.15) is 32.5 Å². The highest BCUT2D eigenvalue weighted by Crippen LogP contribution is 2.32. The van der Waals surface area contributed by atoms with Gasteiger partial charge in [0.1, 0.15) is 11.4 Å². The van der Waals surface area contributed by atoms with Gasteiger partial charge in [-0.2, -0.15) is 4.98 Å². The normalized spacial score (nSPS) is 11.8. The number of halogens is 1. The minimum Gasteiger partial charge on any atom is -0.507 e. The molecular formula is C14H17IN2O3. The average Bonchev–Trinajstić information content (AvgIpc) is 2.95. The molecule has 0 fully saturated rings. The highest BCUT2D eigenvalue weighted by atomic mass is 127. The highest BCUT2D eigenvalue weighted by molar-refractivity contribution is 14.1. The third-order valence-electron chi connectivity index (χ3n) is 3.56. The zero-order valence-corrected chi connectivity index (χ0v) is 13.8. The van der Waals surface area contributed by atoms with Crippen molar-refractivity contribution in [3.63, 3.8) is 0 Å². The first-order valence-electron chi connectivity index (χ1n) is 6.44. The van der Waals surface area contributed by atoms with Crippen molar-refractivity contribution in [2.45, 2.75) is 32.3 Å². The van der Waals surface area contributed by atoms with Gasteiger partial charge in [-0.25, -0.2) is 0 Å². The molecule has 20 heavy (non-hydrogen) atoms. The number of hydrogen-bond donors (Lipinski definition) is 1. The van der Waals surface area contributed by atoms with Crippen molar-refractivity contribution < 1.29 is 14.4 Å². The summed E-state index contributed by atoms with van der Waals surface area (Å²) in [7, 11) is 1.65. The van der Waals surface area contributed by atoms with E-state index < -0.39 is 5.60 Å². The summed E-state index contributed by atoms with van der Waals surface area (Å²) in [5.41, 5.74) is 0.173. The smallest absolute Gasteiger partial charge is 0.258 e. The molecule has 0 aliphatic carbocycles. The fourth-order valence-electron chi connectivity index (χ4n) is 2.12. The number of aromatic hydroxyl groups is 1. The molecule has 0 spiro atoms. The molecule has 108 valence electrons. The number of hydrogen-bond acceptors (Lipinski definition) is 5. The molecule has 0 unspecified atom stereocenters. The number of rotatable bonds is 5. The molecule has 0 amide bonds. The van der Waals surface area contributed by atoms with E-state index in [2.05, 4.69) is 32.7 Å². The van der Waals surface area contributed by atoms with E-state index in [-0.39, 0.29) is 5.75 Å². The van der Waals surface area contributed by atoms with Gasteiger partial charge in [-0.1, -0.05) is 19.0 Å². The molecule has 1 N–H and O–H groups in total. The molecule has 1 aromatic heterocycles. The van der Waals surface area contributed by atoms with Crippen molar-refractivity contribution >= 4 is 22.6 Å². The second-order valence-electron chi connectivity index (χ2n) is 4.49. The minimum atomic E-state index is -0.521. The molecule has 0 bridgehead atoms. The van der Waals surface area contributed by atoms with Crippen molar-refractivity contribution in [1.82, 2.24) is 10.1 Å².